The SMILES string of the molecule is Cc1csc(CCCNC(=O)N[C@@H]2CC(=O)N(C(C)(C)C)C2)n1. The average Bonchev–Trinajstić information content (AvgIpc) is 3.00. The van der Waals surface area contributed by atoms with Crippen molar-refractivity contribution in [2.75, 3.05) is 13.1 Å². The lowest BCUT2D eigenvalue weighted by atomic mass is 10.1. The fourth-order valence-corrected chi connectivity index (χ4v) is 3.47. The number of rotatable bonds is 5. The quantitative estimate of drug-likeness (QED) is 0.807. The van der Waals surface area contributed by atoms with E-state index in [1.165, 1.54) is 0 Å². The highest BCUT2D eigenvalue weighted by molar-refractivity contribution is 7.09. The van der Waals surface area contributed by atoms with Gasteiger partial charge in [-0.05, 0) is 34.1 Å². The Morgan fingerprint density at radius 1 is 1.48 bits per heavy atom. The van der Waals surface area contributed by atoms with Crippen molar-refractivity contribution < 1.29 is 9.59 Å². The molecular weight excluding hydrogens is 312 g/mol. The number of nitrogens with one attached hydrogen (secondary N) is 2. The number of aromatic nitrogens is 1. The molecule has 1 aliphatic heterocycles. The van der Waals surface area contributed by atoms with Gasteiger partial charge in [-0.1, -0.05) is 0 Å². The van der Waals surface area contributed by atoms with Crippen molar-refractivity contribution >= 4 is 23.3 Å². The first-order valence-electron chi connectivity index (χ1n) is 8.01. The number of nitrogens with zero attached hydrogens (tertiary/aromatic N) is 2. The molecule has 0 spiro atoms. The van der Waals surface area contributed by atoms with Crippen LogP contribution in [0.2, 0.25) is 0 Å². The molecule has 0 aromatic carbocycles. The van der Waals surface area contributed by atoms with Gasteiger partial charge in [0.1, 0.15) is 0 Å². The molecule has 23 heavy (non-hydrogen) atoms. The highest BCUT2D eigenvalue weighted by atomic mass is 32.1. The molecule has 1 saturated heterocycles. The molecule has 2 heterocycles. The van der Waals surface area contributed by atoms with Crippen LogP contribution in [-0.2, 0) is 11.2 Å². The Morgan fingerprint density at radius 3 is 2.78 bits per heavy atom. The maximum Gasteiger partial charge on any atom is 0.315 e. The summed E-state index contributed by atoms with van der Waals surface area (Å²) < 4.78 is 0. The molecule has 6 nitrogen and oxygen atoms in total. The van der Waals surface area contributed by atoms with Crippen LogP contribution in [-0.4, -0.2) is 46.5 Å². The van der Waals surface area contributed by atoms with Gasteiger partial charge >= 0.3 is 6.03 Å². The lowest BCUT2D eigenvalue weighted by molar-refractivity contribution is -0.131. The summed E-state index contributed by atoms with van der Waals surface area (Å²) in [5.74, 6) is 0.0990. The van der Waals surface area contributed by atoms with Gasteiger partial charge in [-0.25, -0.2) is 9.78 Å². The van der Waals surface area contributed by atoms with Crippen LogP contribution in [0.4, 0.5) is 4.79 Å². The topological polar surface area (TPSA) is 74.3 Å². The van der Waals surface area contributed by atoms with Crippen LogP contribution in [0.15, 0.2) is 5.38 Å². The van der Waals surface area contributed by atoms with Gasteiger partial charge in [-0.3, -0.25) is 4.79 Å². The third-order valence-corrected chi connectivity index (χ3v) is 4.82. The Hall–Kier alpha value is -1.63. The van der Waals surface area contributed by atoms with E-state index in [1.54, 1.807) is 11.3 Å². The third-order valence-electron chi connectivity index (χ3n) is 3.79. The van der Waals surface area contributed by atoms with E-state index in [4.69, 9.17) is 0 Å². The molecule has 0 bridgehead atoms. The molecule has 7 heteroatoms. The molecule has 128 valence electrons. The van der Waals surface area contributed by atoms with Crippen LogP contribution in [0.25, 0.3) is 0 Å². The van der Waals surface area contributed by atoms with Gasteiger partial charge in [-0.15, -0.1) is 11.3 Å². The maximum absolute atomic E-state index is 12.0. The fraction of sp³-hybridized carbons (Fsp3) is 0.688. The molecule has 1 atom stereocenters. The molecule has 0 saturated carbocycles. The largest absolute Gasteiger partial charge is 0.338 e. The molecule has 2 N–H and O–H groups in total. The van der Waals surface area contributed by atoms with Crippen LogP contribution in [0.1, 0.15) is 44.3 Å². The molecule has 1 fully saturated rings. The van der Waals surface area contributed by atoms with Gasteiger partial charge in [0.15, 0.2) is 0 Å². The van der Waals surface area contributed by atoms with Gasteiger partial charge in [-0.2, -0.15) is 0 Å². The Kier molecular flexibility index (Phi) is 5.62. The number of amides is 3. The molecular formula is C16H26N4O2S. The van der Waals surface area contributed by atoms with Crippen molar-refractivity contribution in [3.63, 3.8) is 0 Å². The predicted octanol–water partition coefficient (Wildman–Crippen LogP) is 2.08. The molecule has 1 aromatic heterocycles. The Labute approximate surface area is 141 Å². The highest BCUT2D eigenvalue weighted by Gasteiger charge is 2.36. The minimum absolute atomic E-state index is 0.0990. The van der Waals surface area contributed by atoms with Crippen molar-refractivity contribution in [1.29, 1.82) is 0 Å². The van der Waals surface area contributed by atoms with Crippen LogP contribution < -0.4 is 10.6 Å². The number of carbonyl (C=O) groups excluding carboxylic acids is 2. The minimum Gasteiger partial charge on any atom is -0.338 e. The molecule has 2 rings (SSSR count). The van der Waals surface area contributed by atoms with Crippen LogP contribution >= 0.6 is 11.3 Å². The predicted molar refractivity (Wildman–Crippen MR) is 91.6 cm³/mol. The van der Waals surface area contributed by atoms with Gasteiger partial charge in [0.25, 0.3) is 0 Å². The van der Waals surface area contributed by atoms with Gasteiger partial charge in [0, 0.05) is 42.5 Å². The second-order valence-electron chi connectivity index (χ2n) is 6.96. The summed E-state index contributed by atoms with van der Waals surface area (Å²) in [5.41, 5.74) is 0.848. The summed E-state index contributed by atoms with van der Waals surface area (Å²) in [6, 6.07) is -0.308. The lowest BCUT2D eigenvalue weighted by Gasteiger charge is -2.32. The minimum atomic E-state index is -0.200. The molecule has 0 aliphatic carbocycles. The van der Waals surface area contributed by atoms with Crippen molar-refractivity contribution in [2.24, 2.45) is 0 Å². The zero-order valence-corrected chi connectivity index (χ0v) is 15.1. The maximum atomic E-state index is 12.0. The summed E-state index contributed by atoms with van der Waals surface area (Å²) in [6.45, 7) is 9.19. The summed E-state index contributed by atoms with van der Waals surface area (Å²) in [4.78, 5) is 30.1. The van der Waals surface area contributed by atoms with Crippen LogP contribution in [0.3, 0.4) is 0 Å². The smallest absolute Gasteiger partial charge is 0.315 e. The second-order valence-corrected chi connectivity index (χ2v) is 7.91. The monoisotopic (exact) mass is 338 g/mol. The van der Waals surface area contributed by atoms with E-state index in [9.17, 15) is 9.59 Å². The van der Waals surface area contributed by atoms with Gasteiger partial charge in [0.2, 0.25) is 5.91 Å². The van der Waals surface area contributed by atoms with E-state index in [-0.39, 0.29) is 23.5 Å². The average molecular weight is 338 g/mol. The number of carbonyl (C=O) groups is 2. The summed E-state index contributed by atoms with van der Waals surface area (Å²) in [6.07, 6.45) is 2.11. The zero-order chi connectivity index (χ0) is 17.0. The van der Waals surface area contributed by atoms with Crippen molar-refractivity contribution in [3.05, 3.63) is 16.1 Å². The van der Waals surface area contributed by atoms with E-state index in [1.807, 2.05) is 38.0 Å². The first-order chi connectivity index (χ1) is 10.8. The van der Waals surface area contributed by atoms with Gasteiger partial charge in [0.05, 0.1) is 11.0 Å². The first-order valence-corrected chi connectivity index (χ1v) is 8.89. The molecule has 0 radical (unpaired) electrons. The first kappa shape index (κ1) is 17.7. The van der Waals surface area contributed by atoms with Gasteiger partial charge < -0.3 is 15.5 Å². The normalized spacial score (nSPS) is 18.3. The van der Waals surface area contributed by atoms with E-state index in [0.29, 0.717) is 19.5 Å². The zero-order valence-electron chi connectivity index (χ0n) is 14.3. The molecule has 1 aromatic rings. The Morgan fingerprint density at radius 2 is 2.22 bits per heavy atom. The Bertz CT molecular complexity index is 565. The number of thiazole rings is 1. The van der Waals surface area contributed by atoms with E-state index < -0.39 is 0 Å². The summed E-state index contributed by atoms with van der Waals surface area (Å²) in [5, 5.41) is 8.88. The van der Waals surface area contributed by atoms with E-state index in [2.05, 4.69) is 15.6 Å². The third kappa shape index (κ3) is 5.20. The molecule has 1 aliphatic rings. The molecule has 0 unspecified atom stereocenters. The number of hydrogen-bond acceptors (Lipinski definition) is 4. The van der Waals surface area contributed by atoms with Crippen molar-refractivity contribution in [1.82, 2.24) is 20.5 Å². The van der Waals surface area contributed by atoms with Crippen molar-refractivity contribution in [2.45, 2.75) is 58.5 Å². The number of aryl methyl sites for hydroxylation is 2. The fourth-order valence-electron chi connectivity index (χ4n) is 2.65. The highest BCUT2D eigenvalue weighted by Crippen LogP contribution is 2.21. The van der Waals surface area contributed by atoms with Crippen molar-refractivity contribution in [3.8, 4) is 0 Å². The van der Waals surface area contributed by atoms with E-state index in [0.717, 1.165) is 23.5 Å². The Balaban J connectivity index is 1.66. The van der Waals surface area contributed by atoms with E-state index >= 15 is 0 Å². The summed E-state index contributed by atoms with van der Waals surface area (Å²) >= 11 is 1.65. The standard InChI is InChI=1S/C16H26N4O2S/c1-11-10-23-13(18-11)6-5-7-17-15(22)19-12-8-14(21)20(9-12)16(2,3)4/h10,12H,5-9H2,1-4H3,(H2,17,19,22)/t12-/m1/s1. The van der Waals surface area contributed by atoms with Crippen LogP contribution in [0.5, 0.6) is 0 Å². The number of likely N-dealkylation sites (tertiary alicyclic amines) is 1. The number of hydrogen-bond donors (Lipinski definition) is 2. The van der Waals surface area contributed by atoms with Crippen LogP contribution in [0, 0.1) is 6.92 Å². The molecule has 3 amide bonds. The second kappa shape index (κ2) is 7.29. The summed E-state index contributed by atoms with van der Waals surface area (Å²) in [7, 11) is 0. The number of urea groups is 1. The lowest BCUT2D eigenvalue weighted by Crippen LogP contribution is -2.46.